The van der Waals surface area contributed by atoms with Crippen LogP contribution in [0.4, 0.5) is 0 Å². The summed E-state index contributed by atoms with van der Waals surface area (Å²) in [6.07, 6.45) is 2.21. The molecule has 21 heavy (non-hydrogen) atoms. The van der Waals surface area contributed by atoms with Gasteiger partial charge in [0, 0.05) is 6.04 Å². The molecule has 1 N–H and O–H groups in total. The first kappa shape index (κ1) is 15.8. The maximum absolute atomic E-state index is 3.70. The van der Waals surface area contributed by atoms with Gasteiger partial charge >= 0.3 is 0 Å². The van der Waals surface area contributed by atoms with E-state index < -0.39 is 0 Å². The minimum Gasteiger partial charge on any atom is -0.310 e. The average Bonchev–Trinajstić information content (AvgIpc) is 2.44. The Hall–Kier alpha value is -1.60. The normalized spacial score (nSPS) is 12.4. The van der Waals surface area contributed by atoms with Crippen molar-refractivity contribution in [3.05, 3.63) is 70.3 Å². The topological polar surface area (TPSA) is 12.0 Å². The Morgan fingerprint density at radius 2 is 1.48 bits per heavy atom. The molecule has 2 rings (SSSR count). The fraction of sp³-hybridized carbons (Fsp3) is 0.400. The summed E-state index contributed by atoms with van der Waals surface area (Å²) in [5, 5.41) is 3.70. The van der Waals surface area contributed by atoms with Crippen LogP contribution in [0.25, 0.3) is 0 Å². The molecule has 0 amide bonds. The third-order valence-corrected chi connectivity index (χ3v) is 3.85. The monoisotopic (exact) mass is 281 g/mol. The Balaban J connectivity index is 2.22. The number of hydrogen-bond acceptors (Lipinski definition) is 1. The van der Waals surface area contributed by atoms with Gasteiger partial charge < -0.3 is 5.32 Å². The number of rotatable bonds is 6. The van der Waals surface area contributed by atoms with Gasteiger partial charge in [0.25, 0.3) is 0 Å². The van der Waals surface area contributed by atoms with E-state index in [2.05, 4.69) is 75.5 Å². The quantitative estimate of drug-likeness (QED) is 0.794. The third kappa shape index (κ3) is 4.71. The van der Waals surface area contributed by atoms with Gasteiger partial charge in [-0.25, -0.2) is 0 Å². The van der Waals surface area contributed by atoms with E-state index in [0.29, 0.717) is 6.04 Å². The molecule has 0 saturated carbocycles. The molecule has 1 heteroatoms. The van der Waals surface area contributed by atoms with Crippen LogP contribution in [-0.4, -0.2) is 6.54 Å². The molecule has 1 nitrogen and oxygen atoms in total. The minimum atomic E-state index is 0.395. The Morgan fingerprint density at radius 3 is 2.05 bits per heavy atom. The second-order valence-electron chi connectivity index (χ2n) is 6.12. The molecular weight excluding hydrogens is 254 g/mol. The van der Waals surface area contributed by atoms with Gasteiger partial charge in [0.05, 0.1) is 0 Å². The molecule has 1 unspecified atom stereocenters. The summed E-state index contributed by atoms with van der Waals surface area (Å²) in [6, 6.07) is 16.2. The second kappa shape index (κ2) is 7.42. The molecule has 0 heterocycles. The first-order chi connectivity index (χ1) is 10.1. The van der Waals surface area contributed by atoms with Gasteiger partial charge in [-0.3, -0.25) is 0 Å². The average molecular weight is 281 g/mol. The van der Waals surface area contributed by atoms with Crippen molar-refractivity contribution < 1.29 is 0 Å². The summed E-state index contributed by atoms with van der Waals surface area (Å²) in [7, 11) is 0. The lowest BCUT2D eigenvalue weighted by molar-refractivity contribution is 0.529. The molecular formula is C20H27N. The number of hydrogen-bond donors (Lipinski definition) is 1. The van der Waals surface area contributed by atoms with Crippen molar-refractivity contribution in [2.24, 2.45) is 0 Å². The molecule has 112 valence electrons. The molecule has 0 aliphatic carbocycles. The van der Waals surface area contributed by atoms with Crippen LogP contribution in [0.2, 0.25) is 0 Å². The highest BCUT2D eigenvalue weighted by Crippen LogP contribution is 2.21. The largest absolute Gasteiger partial charge is 0.310 e. The van der Waals surface area contributed by atoms with E-state index in [1.165, 1.54) is 27.8 Å². The van der Waals surface area contributed by atoms with Crippen LogP contribution in [-0.2, 0) is 6.42 Å². The highest BCUT2D eigenvalue weighted by Gasteiger charge is 2.12. The van der Waals surface area contributed by atoms with Gasteiger partial charge in [-0.15, -0.1) is 0 Å². The van der Waals surface area contributed by atoms with Crippen molar-refractivity contribution in [2.75, 3.05) is 6.54 Å². The maximum Gasteiger partial charge on any atom is 0.0361 e. The van der Waals surface area contributed by atoms with E-state index >= 15 is 0 Å². The van der Waals surface area contributed by atoms with Gasteiger partial charge in [-0.1, -0.05) is 66.1 Å². The van der Waals surface area contributed by atoms with Crippen LogP contribution < -0.4 is 5.32 Å². The minimum absolute atomic E-state index is 0.395. The van der Waals surface area contributed by atoms with Gasteiger partial charge in [0.1, 0.15) is 0 Å². The van der Waals surface area contributed by atoms with E-state index in [9.17, 15) is 0 Å². The molecule has 0 fully saturated rings. The standard InChI is InChI=1S/C20H27N/c1-5-10-21-20(14-18-8-6-15(2)7-9-18)19-12-16(3)11-17(4)13-19/h6-9,11-13,20-21H,5,10,14H2,1-4H3. The number of aryl methyl sites for hydroxylation is 3. The zero-order chi connectivity index (χ0) is 15.2. The molecule has 0 aliphatic rings. The van der Waals surface area contributed by atoms with Gasteiger partial charge in [-0.05, 0) is 51.3 Å². The summed E-state index contributed by atoms with van der Waals surface area (Å²) in [4.78, 5) is 0. The Labute approximate surface area is 129 Å². The van der Waals surface area contributed by atoms with Crippen molar-refractivity contribution >= 4 is 0 Å². The zero-order valence-corrected chi connectivity index (χ0v) is 13.7. The van der Waals surface area contributed by atoms with Crippen LogP contribution in [0.5, 0.6) is 0 Å². The van der Waals surface area contributed by atoms with Gasteiger partial charge in [0.15, 0.2) is 0 Å². The summed E-state index contributed by atoms with van der Waals surface area (Å²) in [6.45, 7) is 9.78. The summed E-state index contributed by atoms with van der Waals surface area (Å²) >= 11 is 0. The lowest BCUT2D eigenvalue weighted by Gasteiger charge is -2.20. The molecule has 2 aromatic rings. The number of benzene rings is 2. The van der Waals surface area contributed by atoms with E-state index in [1.54, 1.807) is 0 Å². The Bertz CT molecular complexity index is 549. The lowest BCUT2D eigenvalue weighted by Crippen LogP contribution is -2.24. The van der Waals surface area contributed by atoms with Gasteiger partial charge in [-0.2, -0.15) is 0 Å². The van der Waals surface area contributed by atoms with Crippen molar-refractivity contribution in [3.8, 4) is 0 Å². The Kier molecular flexibility index (Phi) is 5.58. The molecule has 2 aromatic carbocycles. The molecule has 0 spiro atoms. The second-order valence-corrected chi connectivity index (χ2v) is 6.12. The molecule has 0 aromatic heterocycles. The van der Waals surface area contributed by atoms with Gasteiger partial charge in [0.2, 0.25) is 0 Å². The molecule has 0 saturated heterocycles. The fourth-order valence-electron chi connectivity index (χ4n) is 2.80. The first-order valence-electron chi connectivity index (χ1n) is 7.95. The Morgan fingerprint density at radius 1 is 0.857 bits per heavy atom. The summed E-state index contributed by atoms with van der Waals surface area (Å²) in [5.74, 6) is 0. The van der Waals surface area contributed by atoms with Crippen LogP contribution in [0.15, 0.2) is 42.5 Å². The maximum atomic E-state index is 3.70. The lowest BCUT2D eigenvalue weighted by atomic mass is 9.95. The van der Waals surface area contributed by atoms with Crippen LogP contribution in [0.1, 0.15) is 47.2 Å². The predicted molar refractivity (Wildman–Crippen MR) is 91.8 cm³/mol. The number of nitrogens with one attached hydrogen (secondary N) is 1. The SMILES string of the molecule is CCCNC(Cc1ccc(C)cc1)c1cc(C)cc(C)c1. The third-order valence-electron chi connectivity index (χ3n) is 3.85. The fourth-order valence-corrected chi connectivity index (χ4v) is 2.80. The van der Waals surface area contributed by atoms with E-state index in [-0.39, 0.29) is 0 Å². The van der Waals surface area contributed by atoms with Crippen LogP contribution >= 0.6 is 0 Å². The smallest absolute Gasteiger partial charge is 0.0361 e. The molecule has 1 atom stereocenters. The van der Waals surface area contributed by atoms with Crippen molar-refractivity contribution in [3.63, 3.8) is 0 Å². The molecule has 0 aliphatic heterocycles. The molecule has 0 radical (unpaired) electrons. The van der Waals surface area contributed by atoms with Crippen molar-refractivity contribution in [2.45, 2.75) is 46.6 Å². The van der Waals surface area contributed by atoms with Crippen molar-refractivity contribution in [1.29, 1.82) is 0 Å². The van der Waals surface area contributed by atoms with Crippen molar-refractivity contribution in [1.82, 2.24) is 5.32 Å². The molecule has 0 bridgehead atoms. The predicted octanol–water partition coefficient (Wildman–Crippen LogP) is 4.90. The first-order valence-corrected chi connectivity index (χ1v) is 7.95. The van der Waals surface area contributed by atoms with E-state index in [0.717, 1.165) is 19.4 Å². The summed E-state index contributed by atoms with van der Waals surface area (Å²) in [5.41, 5.74) is 6.81. The van der Waals surface area contributed by atoms with Crippen LogP contribution in [0.3, 0.4) is 0 Å². The highest BCUT2D eigenvalue weighted by molar-refractivity contribution is 5.32. The highest BCUT2D eigenvalue weighted by atomic mass is 14.9. The van der Waals surface area contributed by atoms with E-state index in [4.69, 9.17) is 0 Å². The van der Waals surface area contributed by atoms with E-state index in [1.807, 2.05) is 0 Å². The van der Waals surface area contributed by atoms with Crippen LogP contribution in [0, 0.1) is 20.8 Å². The zero-order valence-electron chi connectivity index (χ0n) is 13.7. The summed E-state index contributed by atoms with van der Waals surface area (Å²) < 4.78 is 0.